The van der Waals surface area contributed by atoms with Crippen LogP contribution in [-0.2, 0) is 6.54 Å². The summed E-state index contributed by atoms with van der Waals surface area (Å²) in [6.45, 7) is 2.62. The van der Waals surface area contributed by atoms with Gasteiger partial charge in [-0.25, -0.2) is 0 Å². The summed E-state index contributed by atoms with van der Waals surface area (Å²) in [7, 11) is 1.77. The third-order valence-corrected chi connectivity index (χ3v) is 4.12. The first-order valence-electron chi connectivity index (χ1n) is 6.17. The Morgan fingerprint density at radius 1 is 1.15 bits per heavy atom. The highest BCUT2D eigenvalue weighted by Crippen LogP contribution is 2.18. The SMILES string of the molecule is Cc1ccsc1CN(C)C(=O)c1ccc(C(N)=O)cc1. The lowest BCUT2D eigenvalue weighted by molar-refractivity contribution is 0.0785. The Labute approximate surface area is 121 Å². The van der Waals surface area contributed by atoms with Gasteiger partial charge >= 0.3 is 0 Å². The summed E-state index contributed by atoms with van der Waals surface area (Å²) >= 11 is 1.64. The van der Waals surface area contributed by atoms with Crippen molar-refractivity contribution in [3.8, 4) is 0 Å². The van der Waals surface area contributed by atoms with Crippen molar-refractivity contribution in [1.82, 2.24) is 4.90 Å². The minimum Gasteiger partial charge on any atom is -0.366 e. The summed E-state index contributed by atoms with van der Waals surface area (Å²) in [5.74, 6) is -0.569. The molecule has 2 rings (SSSR count). The van der Waals surface area contributed by atoms with Gasteiger partial charge in [0.05, 0.1) is 6.54 Å². The standard InChI is InChI=1S/C15H16N2O2S/c1-10-7-8-20-13(10)9-17(2)15(19)12-5-3-11(4-6-12)14(16)18/h3-8H,9H2,1-2H3,(H2,16,18). The van der Waals surface area contributed by atoms with Gasteiger partial charge in [-0.1, -0.05) is 0 Å². The highest BCUT2D eigenvalue weighted by atomic mass is 32.1. The number of amides is 2. The van der Waals surface area contributed by atoms with Crippen molar-refractivity contribution in [2.24, 2.45) is 5.73 Å². The van der Waals surface area contributed by atoms with E-state index in [4.69, 9.17) is 5.73 Å². The molecule has 0 spiro atoms. The molecule has 1 heterocycles. The number of thiophene rings is 1. The Hall–Kier alpha value is -2.14. The lowest BCUT2D eigenvalue weighted by Crippen LogP contribution is -2.26. The predicted octanol–water partition coefficient (Wildman–Crippen LogP) is 2.43. The van der Waals surface area contributed by atoms with E-state index in [1.54, 1.807) is 47.5 Å². The Bertz CT molecular complexity index is 632. The molecule has 2 amide bonds. The Morgan fingerprint density at radius 2 is 1.75 bits per heavy atom. The first kappa shape index (κ1) is 14.3. The molecule has 0 fully saturated rings. The highest BCUT2D eigenvalue weighted by molar-refractivity contribution is 7.10. The van der Waals surface area contributed by atoms with Gasteiger partial charge in [-0.05, 0) is 48.2 Å². The van der Waals surface area contributed by atoms with Crippen LogP contribution in [-0.4, -0.2) is 23.8 Å². The van der Waals surface area contributed by atoms with Crippen LogP contribution in [0.2, 0.25) is 0 Å². The minimum absolute atomic E-state index is 0.0752. The van der Waals surface area contributed by atoms with Crippen LogP contribution in [0.3, 0.4) is 0 Å². The fraction of sp³-hybridized carbons (Fsp3) is 0.200. The molecule has 1 aromatic carbocycles. The van der Waals surface area contributed by atoms with Crippen molar-refractivity contribution < 1.29 is 9.59 Å². The zero-order valence-electron chi connectivity index (χ0n) is 11.4. The average Bonchev–Trinajstić information content (AvgIpc) is 2.83. The third-order valence-electron chi connectivity index (χ3n) is 3.11. The topological polar surface area (TPSA) is 63.4 Å². The average molecular weight is 288 g/mol. The van der Waals surface area contributed by atoms with Crippen LogP contribution in [0.4, 0.5) is 0 Å². The van der Waals surface area contributed by atoms with Gasteiger partial charge in [-0.15, -0.1) is 11.3 Å². The lowest BCUT2D eigenvalue weighted by Gasteiger charge is -2.17. The number of hydrogen-bond donors (Lipinski definition) is 1. The van der Waals surface area contributed by atoms with Crippen LogP contribution in [0, 0.1) is 6.92 Å². The molecule has 0 aliphatic rings. The van der Waals surface area contributed by atoms with Gasteiger partial charge in [-0.3, -0.25) is 9.59 Å². The Balaban J connectivity index is 2.10. The smallest absolute Gasteiger partial charge is 0.253 e. The summed E-state index contributed by atoms with van der Waals surface area (Å²) in [6, 6.07) is 8.43. The minimum atomic E-state index is -0.494. The van der Waals surface area contributed by atoms with Gasteiger partial charge in [0.2, 0.25) is 5.91 Å². The molecule has 0 saturated carbocycles. The van der Waals surface area contributed by atoms with Crippen LogP contribution in [0.5, 0.6) is 0 Å². The Kier molecular flexibility index (Phi) is 4.20. The number of nitrogens with zero attached hydrogens (tertiary/aromatic N) is 1. The monoisotopic (exact) mass is 288 g/mol. The number of carbonyl (C=O) groups excluding carboxylic acids is 2. The van der Waals surface area contributed by atoms with E-state index >= 15 is 0 Å². The van der Waals surface area contributed by atoms with Crippen molar-refractivity contribution in [2.75, 3.05) is 7.05 Å². The zero-order valence-corrected chi connectivity index (χ0v) is 12.2. The summed E-state index contributed by atoms with van der Waals surface area (Å²) < 4.78 is 0. The van der Waals surface area contributed by atoms with E-state index in [0.29, 0.717) is 17.7 Å². The van der Waals surface area contributed by atoms with Crippen LogP contribution >= 0.6 is 11.3 Å². The number of rotatable bonds is 4. The lowest BCUT2D eigenvalue weighted by atomic mass is 10.1. The zero-order chi connectivity index (χ0) is 14.7. The van der Waals surface area contributed by atoms with E-state index < -0.39 is 5.91 Å². The van der Waals surface area contributed by atoms with Gasteiger partial charge in [0.1, 0.15) is 0 Å². The van der Waals surface area contributed by atoms with Gasteiger partial charge in [0, 0.05) is 23.1 Å². The number of nitrogens with two attached hydrogens (primary N) is 1. The molecule has 2 N–H and O–H groups in total. The summed E-state index contributed by atoms with van der Waals surface area (Å²) in [6.07, 6.45) is 0. The molecule has 20 heavy (non-hydrogen) atoms. The quantitative estimate of drug-likeness (QED) is 0.939. The molecule has 0 aliphatic carbocycles. The molecule has 0 saturated heterocycles. The van der Waals surface area contributed by atoms with Crippen molar-refractivity contribution in [3.63, 3.8) is 0 Å². The van der Waals surface area contributed by atoms with Crippen LogP contribution in [0.25, 0.3) is 0 Å². The van der Waals surface area contributed by atoms with E-state index in [1.807, 2.05) is 18.4 Å². The highest BCUT2D eigenvalue weighted by Gasteiger charge is 2.14. The first-order chi connectivity index (χ1) is 9.49. The fourth-order valence-corrected chi connectivity index (χ4v) is 2.81. The molecule has 0 aliphatic heterocycles. The van der Waals surface area contributed by atoms with Crippen LogP contribution in [0.15, 0.2) is 35.7 Å². The largest absolute Gasteiger partial charge is 0.366 e. The number of primary amides is 1. The van der Waals surface area contributed by atoms with E-state index in [0.717, 1.165) is 0 Å². The maximum absolute atomic E-state index is 12.3. The van der Waals surface area contributed by atoms with Crippen molar-refractivity contribution >= 4 is 23.2 Å². The molecule has 104 valence electrons. The van der Waals surface area contributed by atoms with E-state index in [9.17, 15) is 9.59 Å². The summed E-state index contributed by atoms with van der Waals surface area (Å²) in [5.41, 5.74) is 7.32. The molecular formula is C15H16N2O2S. The molecule has 1 aromatic heterocycles. The molecule has 4 nitrogen and oxygen atoms in total. The number of aryl methyl sites for hydroxylation is 1. The summed E-state index contributed by atoms with van der Waals surface area (Å²) in [5, 5.41) is 2.02. The number of hydrogen-bond acceptors (Lipinski definition) is 3. The van der Waals surface area contributed by atoms with E-state index in [1.165, 1.54) is 10.4 Å². The fourth-order valence-electron chi connectivity index (χ4n) is 1.85. The predicted molar refractivity (Wildman–Crippen MR) is 79.8 cm³/mol. The van der Waals surface area contributed by atoms with Gasteiger partial charge in [0.15, 0.2) is 0 Å². The van der Waals surface area contributed by atoms with Crippen molar-refractivity contribution in [2.45, 2.75) is 13.5 Å². The molecule has 0 atom stereocenters. The van der Waals surface area contributed by atoms with Crippen molar-refractivity contribution in [3.05, 3.63) is 57.3 Å². The second-order valence-corrected chi connectivity index (χ2v) is 5.63. The van der Waals surface area contributed by atoms with Crippen LogP contribution < -0.4 is 5.73 Å². The first-order valence-corrected chi connectivity index (χ1v) is 7.05. The van der Waals surface area contributed by atoms with Gasteiger partial charge in [-0.2, -0.15) is 0 Å². The second kappa shape index (κ2) is 5.88. The Morgan fingerprint density at radius 3 is 2.25 bits per heavy atom. The van der Waals surface area contributed by atoms with Gasteiger partial charge in [0.25, 0.3) is 5.91 Å². The maximum atomic E-state index is 12.3. The van der Waals surface area contributed by atoms with E-state index in [-0.39, 0.29) is 5.91 Å². The number of carbonyl (C=O) groups is 2. The number of benzene rings is 1. The van der Waals surface area contributed by atoms with Crippen molar-refractivity contribution in [1.29, 1.82) is 0 Å². The molecule has 5 heteroatoms. The third kappa shape index (κ3) is 3.05. The molecule has 0 bridgehead atoms. The maximum Gasteiger partial charge on any atom is 0.253 e. The summed E-state index contributed by atoms with van der Waals surface area (Å²) in [4.78, 5) is 26.1. The normalized spacial score (nSPS) is 10.3. The van der Waals surface area contributed by atoms with Crippen LogP contribution in [0.1, 0.15) is 31.2 Å². The molecular weight excluding hydrogens is 272 g/mol. The van der Waals surface area contributed by atoms with E-state index in [2.05, 4.69) is 0 Å². The molecule has 0 unspecified atom stereocenters. The second-order valence-electron chi connectivity index (χ2n) is 4.63. The van der Waals surface area contributed by atoms with Gasteiger partial charge < -0.3 is 10.6 Å². The molecule has 0 radical (unpaired) electrons. The molecule has 2 aromatic rings.